The maximum Gasteiger partial charge on any atom is 0.0367 e. The lowest BCUT2D eigenvalue weighted by atomic mass is 9.53. The van der Waals surface area contributed by atoms with Crippen LogP contribution in [0.1, 0.15) is 44.9 Å². The van der Waals surface area contributed by atoms with E-state index in [1.165, 1.54) is 57.8 Å². The van der Waals surface area contributed by atoms with Gasteiger partial charge in [0.25, 0.3) is 0 Å². The molecule has 1 aromatic carbocycles. The van der Waals surface area contributed by atoms with Crippen molar-refractivity contribution < 1.29 is 0 Å². The van der Waals surface area contributed by atoms with E-state index < -0.39 is 0 Å². The van der Waals surface area contributed by atoms with Crippen molar-refractivity contribution in [1.82, 2.24) is 9.80 Å². The van der Waals surface area contributed by atoms with Gasteiger partial charge in [0.05, 0.1) is 0 Å². The number of benzene rings is 1. The van der Waals surface area contributed by atoms with E-state index in [9.17, 15) is 0 Å². The van der Waals surface area contributed by atoms with E-state index in [4.69, 9.17) is 0 Å². The van der Waals surface area contributed by atoms with E-state index in [0.717, 1.165) is 35.8 Å². The van der Waals surface area contributed by atoms with Crippen LogP contribution in [-0.4, -0.2) is 61.2 Å². The molecular weight excluding hydrogens is 342 g/mol. The van der Waals surface area contributed by atoms with Crippen molar-refractivity contribution in [2.45, 2.75) is 57.0 Å². The van der Waals surface area contributed by atoms with Crippen LogP contribution >= 0.6 is 0 Å². The summed E-state index contributed by atoms with van der Waals surface area (Å²) in [5, 5.41) is 0. The molecule has 0 spiro atoms. The highest BCUT2D eigenvalue weighted by Gasteiger charge is 2.50. The van der Waals surface area contributed by atoms with Crippen LogP contribution in [0.25, 0.3) is 0 Å². The lowest BCUT2D eigenvalue weighted by molar-refractivity contribution is -0.0795. The molecule has 2 aliphatic heterocycles. The van der Waals surface area contributed by atoms with E-state index in [1.54, 1.807) is 32.1 Å². The number of piperazine rings is 1. The van der Waals surface area contributed by atoms with Crippen LogP contribution in [0.4, 0.5) is 5.69 Å². The normalized spacial score (nSPS) is 41.5. The molecule has 152 valence electrons. The van der Waals surface area contributed by atoms with Crippen molar-refractivity contribution in [3.05, 3.63) is 30.3 Å². The largest absolute Gasteiger partial charge is 0.369 e. The molecule has 1 atom stereocenters. The van der Waals surface area contributed by atoms with Gasteiger partial charge in [0.15, 0.2) is 0 Å². The number of para-hydroxylation sites is 1. The first kappa shape index (κ1) is 17.8. The van der Waals surface area contributed by atoms with Gasteiger partial charge < -0.3 is 4.90 Å². The van der Waals surface area contributed by atoms with Gasteiger partial charge >= 0.3 is 0 Å². The number of likely N-dealkylation sites (tertiary alicyclic amines) is 1. The average Bonchev–Trinajstić information content (AvgIpc) is 2.74. The van der Waals surface area contributed by atoms with Crippen LogP contribution in [-0.2, 0) is 0 Å². The molecule has 0 amide bonds. The quantitative estimate of drug-likeness (QED) is 0.783. The van der Waals surface area contributed by atoms with Gasteiger partial charge in [-0.05, 0) is 87.3 Å². The number of nitrogens with zero attached hydrogens (tertiary/aromatic N) is 3. The Morgan fingerprint density at radius 1 is 0.679 bits per heavy atom. The smallest absolute Gasteiger partial charge is 0.0367 e. The molecule has 3 nitrogen and oxygen atoms in total. The zero-order valence-corrected chi connectivity index (χ0v) is 17.4. The summed E-state index contributed by atoms with van der Waals surface area (Å²) in [6.45, 7) is 7.62. The van der Waals surface area contributed by atoms with Crippen LogP contribution in [0.3, 0.4) is 0 Å². The fourth-order valence-electron chi connectivity index (χ4n) is 8.03. The summed E-state index contributed by atoms with van der Waals surface area (Å²) in [6.07, 6.45) is 10.7. The van der Waals surface area contributed by atoms with Crippen molar-refractivity contribution in [3.8, 4) is 0 Å². The third-order valence-electron chi connectivity index (χ3n) is 8.98. The molecule has 0 aromatic heterocycles. The van der Waals surface area contributed by atoms with Crippen molar-refractivity contribution in [3.63, 3.8) is 0 Å². The predicted octanol–water partition coefficient (Wildman–Crippen LogP) is 4.10. The summed E-state index contributed by atoms with van der Waals surface area (Å²) in [5.74, 6) is 4.30. The topological polar surface area (TPSA) is 9.72 Å². The Bertz CT molecular complexity index is 638. The van der Waals surface area contributed by atoms with Gasteiger partial charge in [-0.3, -0.25) is 9.80 Å². The highest BCUT2D eigenvalue weighted by atomic mass is 15.3. The van der Waals surface area contributed by atoms with Crippen molar-refractivity contribution in [2.24, 2.45) is 23.7 Å². The first-order valence-corrected chi connectivity index (χ1v) is 12.1. The minimum Gasteiger partial charge on any atom is -0.369 e. The van der Waals surface area contributed by atoms with E-state index >= 15 is 0 Å². The van der Waals surface area contributed by atoms with E-state index in [-0.39, 0.29) is 0 Å². The van der Waals surface area contributed by atoms with Crippen molar-refractivity contribution in [1.29, 1.82) is 0 Å². The average molecular weight is 380 g/mol. The zero-order valence-electron chi connectivity index (χ0n) is 17.4. The molecule has 0 radical (unpaired) electrons. The maximum atomic E-state index is 2.99. The second kappa shape index (κ2) is 7.32. The van der Waals surface area contributed by atoms with Gasteiger partial charge in [0.1, 0.15) is 0 Å². The number of piperidine rings is 1. The van der Waals surface area contributed by atoms with Crippen LogP contribution in [0.2, 0.25) is 0 Å². The van der Waals surface area contributed by atoms with Gasteiger partial charge in [-0.2, -0.15) is 0 Å². The molecule has 4 aliphatic carbocycles. The minimum absolute atomic E-state index is 0.809. The number of hydrogen-bond acceptors (Lipinski definition) is 3. The molecule has 1 aromatic rings. The summed E-state index contributed by atoms with van der Waals surface area (Å²) in [5.41, 5.74) is 1.40. The Morgan fingerprint density at radius 2 is 1.36 bits per heavy atom. The lowest BCUT2D eigenvalue weighted by Crippen LogP contribution is -2.61. The van der Waals surface area contributed by atoms with Gasteiger partial charge in [-0.25, -0.2) is 0 Å². The first-order chi connectivity index (χ1) is 13.8. The SMILES string of the molecule is c1ccc(N2CCN([C@@H]3CCCN(C4C5CC6CC(C5)CC4C6)C3)CC2)cc1. The standard InChI is InChI=1S/C25H37N3/c1-2-5-23(6-3-1)26-9-11-27(12-10-26)24-7-4-8-28(18-24)25-21-14-19-13-20(16-21)17-22(25)15-19/h1-3,5-6,19-22,24-25H,4,7-18H2/t19?,20?,21?,22?,24-,25?/m1/s1. The summed E-state index contributed by atoms with van der Waals surface area (Å²) >= 11 is 0. The maximum absolute atomic E-state index is 2.99. The van der Waals surface area contributed by atoms with Crippen LogP contribution in [0, 0.1) is 23.7 Å². The fourth-order valence-corrected chi connectivity index (χ4v) is 8.03. The summed E-state index contributed by atoms with van der Waals surface area (Å²) < 4.78 is 0. The monoisotopic (exact) mass is 379 g/mol. The molecule has 0 N–H and O–H groups in total. The van der Waals surface area contributed by atoms with Crippen LogP contribution < -0.4 is 4.90 Å². The van der Waals surface area contributed by atoms with Gasteiger partial charge in [0.2, 0.25) is 0 Å². The van der Waals surface area contributed by atoms with E-state index in [2.05, 4.69) is 45.0 Å². The molecule has 6 aliphatic rings. The Balaban J connectivity index is 1.09. The number of rotatable bonds is 3. The Kier molecular flexibility index (Phi) is 4.65. The zero-order chi connectivity index (χ0) is 18.5. The molecule has 7 rings (SSSR count). The second-order valence-electron chi connectivity index (χ2n) is 10.6. The first-order valence-electron chi connectivity index (χ1n) is 12.1. The summed E-state index contributed by atoms with van der Waals surface area (Å²) in [7, 11) is 0. The van der Waals surface area contributed by atoms with Gasteiger partial charge in [-0.15, -0.1) is 0 Å². The Morgan fingerprint density at radius 3 is 2.04 bits per heavy atom. The van der Waals surface area contributed by atoms with Crippen molar-refractivity contribution in [2.75, 3.05) is 44.2 Å². The molecule has 3 heteroatoms. The third kappa shape index (κ3) is 3.19. The van der Waals surface area contributed by atoms with E-state index in [1.807, 2.05) is 0 Å². The molecule has 4 saturated carbocycles. The Hall–Kier alpha value is -1.06. The third-order valence-corrected chi connectivity index (χ3v) is 8.98. The second-order valence-corrected chi connectivity index (χ2v) is 10.6. The molecular formula is C25H37N3. The molecule has 0 unspecified atom stereocenters. The highest BCUT2D eigenvalue weighted by molar-refractivity contribution is 5.46. The molecule has 28 heavy (non-hydrogen) atoms. The van der Waals surface area contributed by atoms with Gasteiger partial charge in [-0.1, -0.05) is 18.2 Å². The summed E-state index contributed by atoms with van der Waals surface area (Å²) in [4.78, 5) is 8.40. The fraction of sp³-hybridized carbons (Fsp3) is 0.760. The van der Waals surface area contributed by atoms with Crippen LogP contribution in [0.5, 0.6) is 0 Å². The van der Waals surface area contributed by atoms with E-state index in [0.29, 0.717) is 0 Å². The lowest BCUT2D eigenvalue weighted by Gasteiger charge is -2.58. The van der Waals surface area contributed by atoms with Crippen LogP contribution in [0.15, 0.2) is 30.3 Å². The molecule has 2 saturated heterocycles. The highest BCUT2D eigenvalue weighted by Crippen LogP contribution is 2.55. The Labute approximate surface area is 171 Å². The van der Waals surface area contributed by atoms with Gasteiger partial charge in [0, 0.05) is 50.5 Å². The van der Waals surface area contributed by atoms with Crippen molar-refractivity contribution >= 4 is 5.69 Å². The predicted molar refractivity (Wildman–Crippen MR) is 116 cm³/mol. The molecule has 6 fully saturated rings. The molecule has 4 bridgehead atoms. The minimum atomic E-state index is 0.809. The number of hydrogen-bond donors (Lipinski definition) is 0. The summed E-state index contributed by atoms with van der Waals surface area (Å²) in [6, 6.07) is 12.8. The molecule has 2 heterocycles. The number of anilines is 1.